The van der Waals surface area contributed by atoms with Gasteiger partial charge in [-0.3, -0.25) is 0 Å². The molecule has 1 aromatic heterocycles. The summed E-state index contributed by atoms with van der Waals surface area (Å²) < 4.78 is 5.88. The molecular weight excluding hydrogens is 232 g/mol. The van der Waals surface area contributed by atoms with E-state index in [-0.39, 0.29) is 6.10 Å². The van der Waals surface area contributed by atoms with Crippen molar-refractivity contribution >= 4 is 11.3 Å². The van der Waals surface area contributed by atoms with Crippen molar-refractivity contribution in [3.8, 4) is 0 Å². The maximum absolute atomic E-state index is 5.88. The number of thiazole rings is 1. The summed E-state index contributed by atoms with van der Waals surface area (Å²) in [6, 6.07) is 0.394. The molecule has 2 rings (SSSR count). The minimum atomic E-state index is 0.233. The van der Waals surface area contributed by atoms with Crippen LogP contribution in [0.5, 0.6) is 0 Å². The first-order chi connectivity index (χ1) is 8.11. The molecule has 2 heterocycles. The number of hydrogen-bond acceptors (Lipinski definition) is 4. The molecule has 0 aliphatic carbocycles. The van der Waals surface area contributed by atoms with Crippen molar-refractivity contribution in [2.24, 2.45) is 0 Å². The lowest BCUT2D eigenvalue weighted by molar-refractivity contribution is 0.0553. The largest absolute Gasteiger partial charge is 0.368 e. The van der Waals surface area contributed by atoms with Crippen LogP contribution in [0.15, 0.2) is 0 Å². The number of rotatable bonds is 4. The third kappa shape index (κ3) is 2.87. The average Bonchev–Trinajstić information content (AvgIpc) is 2.85. The van der Waals surface area contributed by atoms with E-state index < -0.39 is 0 Å². The molecule has 0 amide bonds. The Labute approximate surface area is 108 Å². The fourth-order valence-electron chi connectivity index (χ4n) is 2.35. The summed E-state index contributed by atoms with van der Waals surface area (Å²) in [7, 11) is 0. The number of nitrogens with zero attached hydrogens (tertiary/aromatic N) is 1. The van der Waals surface area contributed by atoms with Gasteiger partial charge in [0.15, 0.2) is 0 Å². The Morgan fingerprint density at radius 1 is 1.53 bits per heavy atom. The van der Waals surface area contributed by atoms with E-state index in [1.54, 1.807) is 0 Å². The van der Waals surface area contributed by atoms with Crippen LogP contribution in [0, 0.1) is 6.92 Å². The van der Waals surface area contributed by atoms with Crippen LogP contribution in [-0.2, 0) is 4.74 Å². The average molecular weight is 254 g/mol. The molecule has 3 nitrogen and oxygen atoms in total. The monoisotopic (exact) mass is 254 g/mol. The second kappa shape index (κ2) is 5.46. The van der Waals surface area contributed by atoms with E-state index in [0.717, 1.165) is 30.1 Å². The molecule has 96 valence electrons. The van der Waals surface area contributed by atoms with Gasteiger partial charge in [0.25, 0.3) is 0 Å². The molecule has 4 heteroatoms. The quantitative estimate of drug-likeness (QED) is 0.894. The van der Waals surface area contributed by atoms with Crippen molar-refractivity contribution in [1.29, 1.82) is 0 Å². The second-order valence-electron chi connectivity index (χ2n) is 4.79. The van der Waals surface area contributed by atoms with Crippen molar-refractivity contribution in [2.45, 2.75) is 58.8 Å². The fourth-order valence-corrected chi connectivity index (χ4v) is 3.52. The van der Waals surface area contributed by atoms with E-state index in [4.69, 9.17) is 4.74 Å². The molecule has 1 aliphatic heterocycles. The Bertz CT molecular complexity index is 377. The molecule has 0 radical (unpaired) electrons. The van der Waals surface area contributed by atoms with Crippen molar-refractivity contribution in [3.63, 3.8) is 0 Å². The highest BCUT2D eigenvalue weighted by Gasteiger charge is 2.27. The summed E-state index contributed by atoms with van der Waals surface area (Å²) in [5.74, 6) is 0. The van der Waals surface area contributed by atoms with E-state index in [2.05, 4.69) is 38.0 Å². The van der Waals surface area contributed by atoms with Gasteiger partial charge in [-0.05, 0) is 40.2 Å². The maximum atomic E-state index is 5.88. The molecule has 0 spiro atoms. The van der Waals surface area contributed by atoms with Gasteiger partial charge < -0.3 is 10.1 Å². The number of aromatic nitrogens is 1. The first kappa shape index (κ1) is 13.0. The minimum absolute atomic E-state index is 0.233. The van der Waals surface area contributed by atoms with Crippen LogP contribution in [0.2, 0.25) is 0 Å². The van der Waals surface area contributed by atoms with Gasteiger partial charge in [-0.15, -0.1) is 11.3 Å². The van der Waals surface area contributed by atoms with Crippen LogP contribution in [0.3, 0.4) is 0 Å². The highest BCUT2D eigenvalue weighted by Crippen LogP contribution is 2.37. The highest BCUT2D eigenvalue weighted by molar-refractivity contribution is 7.11. The van der Waals surface area contributed by atoms with E-state index >= 15 is 0 Å². The van der Waals surface area contributed by atoms with E-state index in [0.29, 0.717) is 12.1 Å². The molecule has 1 fully saturated rings. The highest BCUT2D eigenvalue weighted by atomic mass is 32.1. The molecule has 3 unspecified atom stereocenters. The molecule has 1 aliphatic rings. The number of hydrogen-bond donors (Lipinski definition) is 1. The van der Waals surface area contributed by atoms with Crippen LogP contribution >= 0.6 is 11.3 Å². The predicted octanol–water partition coefficient (Wildman–Crippen LogP) is 3.36. The summed E-state index contributed by atoms with van der Waals surface area (Å²) in [6.07, 6.45) is 2.89. The van der Waals surface area contributed by atoms with Crippen LogP contribution in [0.1, 0.15) is 61.3 Å². The number of aryl methyl sites for hydroxylation is 1. The lowest BCUT2D eigenvalue weighted by Crippen LogP contribution is -2.17. The van der Waals surface area contributed by atoms with Crippen molar-refractivity contribution in [3.05, 3.63) is 15.6 Å². The first-order valence-electron chi connectivity index (χ1n) is 6.47. The first-order valence-corrected chi connectivity index (χ1v) is 7.29. The lowest BCUT2D eigenvalue weighted by Gasteiger charge is -2.10. The summed E-state index contributed by atoms with van der Waals surface area (Å²) in [4.78, 5) is 6.04. The van der Waals surface area contributed by atoms with Crippen molar-refractivity contribution in [2.75, 3.05) is 6.54 Å². The van der Waals surface area contributed by atoms with Crippen molar-refractivity contribution < 1.29 is 4.74 Å². The van der Waals surface area contributed by atoms with Crippen molar-refractivity contribution in [1.82, 2.24) is 10.3 Å². The minimum Gasteiger partial charge on any atom is -0.368 e. The molecule has 3 atom stereocenters. The fraction of sp³-hybridized carbons (Fsp3) is 0.769. The summed E-state index contributed by atoms with van der Waals surface area (Å²) in [5, 5.41) is 4.60. The Kier molecular flexibility index (Phi) is 4.17. The molecule has 0 bridgehead atoms. The summed E-state index contributed by atoms with van der Waals surface area (Å²) in [6.45, 7) is 9.57. The standard InChI is InChI=1S/C13H22N2OS/c1-5-14-9(3)12-10(4)15-13(17-12)11-7-6-8(2)16-11/h8-9,11,14H,5-7H2,1-4H3. The zero-order chi connectivity index (χ0) is 12.4. The molecule has 1 aromatic rings. The Morgan fingerprint density at radius 3 is 2.88 bits per heavy atom. The molecule has 1 N–H and O–H groups in total. The Hall–Kier alpha value is -0.450. The zero-order valence-electron chi connectivity index (χ0n) is 11.1. The smallest absolute Gasteiger partial charge is 0.122 e. The Morgan fingerprint density at radius 2 is 2.29 bits per heavy atom. The van der Waals surface area contributed by atoms with Gasteiger partial charge in [-0.25, -0.2) is 4.98 Å². The summed E-state index contributed by atoms with van der Waals surface area (Å²) >= 11 is 1.81. The van der Waals surface area contributed by atoms with Gasteiger partial charge in [0.2, 0.25) is 0 Å². The molecule has 17 heavy (non-hydrogen) atoms. The molecular formula is C13H22N2OS. The molecule has 0 saturated carbocycles. The second-order valence-corrected chi connectivity index (χ2v) is 5.86. The summed E-state index contributed by atoms with van der Waals surface area (Å²) in [5.41, 5.74) is 1.15. The van der Waals surface area contributed by atoms with Gasteiger partial charge in [0.1, 0.15) is 11.1 Å². The van der Waals surface area contributed by atoms with Crippen LogP contribution in [0.25, 0.3) is 0 Å². The molecule has 1 saturated heterocycles. The maximum Gasteiger partial charge on any atom is 0.122 e. The molecule has 0 aromatic carbocycles. The van der Waals surface area contributed by atoms with E-state index in [9.17, 15) is 0 Å². The Balaban J connectivity index is 2.12. The third-order valence-electron chi connectivity index (χ3n) is 3.26. The van der Waals surface area contributed by atoms with E-state index in [1.807, 2.05) is 11.3 Å². The van der Waals surface area contributed by atoms with Gasteiger partial charge >= 0.3 is 0 Å². The van der Waals surface area contributed by atoms with Gasteiger partial charge in [-0.2, -0.15) is 0 Å². The van der Waals surface area contributed by atoms with Gasteiger partial charge in [-0.1, -0.05) is 6.92 Å². The van der Waals surface area contributed by atoms with Gasteiger partial charge in [0, 0.05) is 10.9 Å². The SMILES string of the molecule is CCNC(C)c1sc(C2CCC(C)O2)nc1C. The van der Waals surface area contributed by atoms with E-state index in [1.165, 1.54) is 4.88 Å². The normalized spacial score (nSPS) is 26.4. The zero-order valence-corrected chi connectivity index (χ0v) is 11.9. The van der Waals surface area contributed by atoms with Crippen LogP contribution in [0.4, 0.5) is 0 Å². The predicted molar refractivity (Wildman–Crippen MR) is 71.5 cm³/mol. The number of ether oxygens (including phenoxy) is 1. The van der Waals surface area contributed by atoms with Gasteiger partial charge in [0.05, 0.1) is 11.8 Å². The van der Waals surface area contributed by atoms with Crippen LogP contribution in [-0.4, -0.2) is 17.6 Å². The third-order valence-corrected chi connectivity index (χ3v) is 4.69. The lowest BCUT2D eigenvalue weighted by atomic mass is 10.2. The topological polar surface area (TPSA) is 34.1 Å². The van der Waals surface area contributed by atoms with Crippen LogP contribution < -0.4 is 5.32 Å². The number of nitrogens with one attached hydrogen (secondary N) is 1.